The molecule has 0 saturated heterocycles. The Labute approximate surface area is 165 Å². The minimum absolute atomic E-state index is 0.671. The molecule has 0 aliphatic rings. The van der Waals surface area contributed by atoms with Gasteiger partial charge in [0.05, 0.1) is 6.61 Å². The Morgan fingerprint density at radius 2 is 1.50 bits per heavy atom. The Bertz CT molecular complexity index is 966. The van der Waals surface area contributed by atoms with Crippen LogP contribution in [0.2, 0.25) is 0 Å². The summed E-state index contributed by atoms with van der Waals surface area (Å²) in [5, 5.41) is 0. The molecule has 0 radical (unpaired) electrons. The van der Waals surface area contributed by atoms with Gasteiger partial charge in [0.25, 0.3) is 0 Å². The van der Waals surface area contributed by atoms with E-state index in [1.807, 2.05) is 55.5 Å². The highest BCUT2D eigenvalue weighted by Gasteiger charge is 2.16. The molecule has 3 nitrogen and oxygen atoms in total. The molecule has 3 aromatic carbocycles. The molecule has 3 heteroatoms. The molecule has 0 spiro atoms. The second-order valence-corrected chi connectivity index (χ2v) is 6.60. The van der Waals surface area contributed by atoms with Crippen LogP contribution in [-0.4, -0.2) is 11.6 Å². The number of oxazole rings is 1. The molecule has 0 aliphatic heterocycles. The Morgan fingerprint density at radius 1 is 0.786 bits per heavy atom. The van der Waals surface area contributed by atoms with Crippen molar-refractivity contribution in [1.82, 2.24) is 4.98 Å². The molecule has 0 saturated carbocycles. The average molecular weight is 369 g/mol. The fraction of sp³-hybridized carbons (Fsp3) is 0.160. The van der Waals surface area contributed by atoms with Crippen LogP contribution in [0.1, 0.15) is 18.4 Å². The topological polar surface area (TPSA) is 35.3 Å². The number of aromatic nitrogens is 1. The van der Waals surface area contributed by atoms with Crippen LogP contribution in [0.15, 0.2) is 89.3 Å². The molecule has 0 amide bonds. The first-order valence-corrected chi connectivity index (χ1v) is 9.66. The summed E-state index contributed by atoms with van der Waals surface area (Å²) in [4.78, 5) is 4.83. The van der Waals surface area contributed by atoms with Crippen LogP contribution in [0.3, 0.4) is 0 Å². The smallest absolute Gasteiger partial charge is 0.195 e. The monoisotopic (exact) mass is 369 g/mol. The molecular formula is C25H23NO2. The molecule has 0 fully saturated rings. The molecule has 28 heavy (non-hydrogen) atoms. The van der Waals surface area contributed by atoms with Gasteiger partial charge in [-0.3, -0.25) is 0 Å². The van der Waals surface area contributed by atoms with E-state index in [-0.39, 0.29) is 0 Å². The van der Waals surface area contributed by atoms with Crippen molar-refractivity contribution >= 4 is 0 Å². The second kappa shape index (κ2) is 8.57. The van der Waals surface area contributed by atoms with Gasteiger partial charge in [0, 0.05) is 17.5 Å². The molecule has 4 rings (SSSR count). The summed E-state index contributed by atoms with van der Waals surface area (Å²) in [6.45, 7) is 2.67. The van der Waals surface area contributed by atoms with Gasteiger partial charge in [-0.15, -0.1) is 0 Å². The van der Waals surface area contributed by atoms with Gasteiger partial charge < -0.3 is 9.15 Å². The van der Waals surface area contributed by atoms with Gasteiger partial charge in [-0.1, -0.05) is 72.8 Å². The number of rotatable bonds is 7. The third kappa shape index (κ3) is 4.15. The maximum Gasteiger partial charge on any atom is 0.195 e. The lowest BCUT2D eigenvalue weighted by atomic mass is 10.1. The van der Waals surface area contributed by atoms with Gasteiger partial charge in [0.15, 0.2) is 11.7 Å². The molecule has 0 atom stereocenters. The van der Waals surface area contributed by atoms with Crippen molar-refractivity contribution in [1.29, 1.82) is 0 Å². The summed E-state index contributed by atoms with van der Waals surface area (Å²) in [5.41, 5.74) is 4.21. The maximum absolute atomic E-state index is 6.21. The Kier molecular flexibility index (Phi) is 5.53. The molecule has 140 valence electrons. The van der Waals surface area contributed by atoms with Gasteiger partial charge in [0.1, 0.15) is 11.4 Å². The zero-order valence-electron chi connectivity index (χ0n) is 16.0. The van der Waals surface area contributed by atoms with Crippen molar-refractivity contribution in [2.24, 2.45) is 0 Å². The highest BCUT2D eigenvalue weighted by Crippen LogP contribution is 2.32. The van der Waals surface area contributed by atoms with E-state index < -0.39 is 0 Å². The summed E-state index contributed by atoms with van der Waals surface area (Å²) in [6, 6.07) is 28.6. The molecule has 4 aromatic rings. The first kappa shape index (κ1) is 18.1. The average Bonchev–Trinajstić information content (AvgIpc) is 3.19. The van der Waals surface area contributed by atoms with Crippen molar-refractivity contribution in [2.75, 3.05) is 6.61 Å². The van der Waals surface area contributed by atoms with Gasteiger partial charge in [-0.2, -0.15) is 0 Å². The predicted octanol–water partition coefficient (Wildman–Crippen LogP) is 6.19. The third-order valence-corrected chi connectivity index (χ3v) is 4.59. The van der Waals surface area contributed by atoms with Crippen LogP contribution in [0.5, 0.6) is 5.75 Å². The maximum atomic E-state index is 6.21. The van der Waals surface area contributed by atoms with Crippen LogP contribution in [-0.2, 0) is 12.8 Å². The number of ether oxygens (including phenoxy) is 1. The van der Waals surface area contributed by atoms with E-state index in [1.165, 1.54) is 5.56 Å². The largest absolute Gasteiger partial charge is 0.494 e. The zero-order valence-corrected chi connectivity index (χ0v) is 16.0. The summed E-state index contributed by atoms with van der Waals surface area (Å²) >= 11 is 0. The quantitative estimate of drug-likeness (QED) is 0.389. The zero-order chi connectivity index (χ0) is 19.2. The van der Waals surface area contributed by atoms with E-state index in [4.69, 9.17) is 14.1 Å². The molecular weight excluding hydrogens is 346 g/mol. The van der Waals surface area contributed by atoms with Gasteiger partial charge in [-0.05, 0) is 31.0 Å². The fourth-order valence-corrected chi connectivity index (χ4v) is 3.26. The Balaban J connectivity index is 1.61. The van der Waals surface area contributed by atoms with Crippen molar-refractivity contribution in [3.63, 3.8) is 0 Å². The summed E-state index contributed by atoms with van der Waals surface area (Å²) < 4.78 is 11.8. The second-order valence-electron chi connectivity index (χ2n) is 6.60. The molecule has 0 bridgehead atoms. The summed E-state index contributed by atoms with van der Waals surface area (Å²) in [6.07, 6.45) is 1.59. The normalized spacial score (nSPS) is 10.8. The fourth-order valence-electron chi connectivity index (χ4n) is 3.26. The number of aryl methyl sites for hydroxylation is 2. The third-order valence-electron chi connectivity index (χ3n) is 4.59. The van der Waals surface area contributed by atoms with E-state index in [0.717, 1.165) is 47.1 Å². The van der Waals surface area contributed by atoms with Crippen molar-refractivity contribution in [2.45, 2.75) is 19.8 Å². The molecule has 0 aliphatic carbocycles. The van der Waals surface area contributed by atoms with Crippen molar-refractivity contribution in [3.8, 4) is 28.3 Å². The lowest BCUT2D eigenvalue weighted by Crippen LogP contribution is -1.95. The predicted molar refractivity (Wildman–Crippen MR) is 112 cm³/mol. The van der Waals surface area contributed by atoms with Crippen LogP contribution >= 0.6 is 0 Å². The van der Waals surface area contributed by atoms with Gasteiger partial charge in [0.2, 0.25) is 0 Å². The molecule has 1 aromatic heterocycles. The van der Waals surface area contributed by atoms with Gasteiger partial charge in [-0.25, -0.2) is 4.98 Å². The summed E-state index contributed by atoms with van der Waals surface area (Å²) in [7, 11) is 0. The van der Waals surface area contributed by atoms with Crippen molar-refractivity contribution in [3.05, 3.63) is 96.4 Å². The highest BCUT2D eigenvalue weighted by molar-refractivity contribution is 5.76. The van der Waals surface area contributed by atoms with E-state index in [9.17, 15) is 0 Å². The first-order chi connectivity index (χ1) is 13.8. The van der Waals surface area contributed by atoms with Crippen molar-refractivity contribution < 1.29 is 9.15 Å². The van der Waals surface area contributed by atoms with Crippen LogP contribution < -0.4 is 4.74 Å². The van der Waals surface area contributed by atoms with Crippen LogP contribution in [0, 0.1) is 0 Å². The minimum atomic E-state index is 0.671. The number of nitrogens with zero attached hydrogens (tertiary/aromatic N) is 1. The first-order valence-electron chi connectivity index (χ1n) is 9.66. The highest BCUT2D eigenvalue weighted by atomic mass is 16.5. The molecule has 0 N–H and O–H groups in total. The summed E-state index contributed by atoms with van der Waals surface area (Å²) in [5.74, 6) is 2.48. The molecule has 1 heterocycles. The lowest BCUT2D eigenvalue weighted by Gasteiger charge is -2.05. The Hall–Kier alpha value is -3.33. The lowest BCUT2D eigenvalue weighted by molar-refractivity contribution is 0.340. The van der Waals surface area contributed by atoms with Crippen LogP contribution in [0.25, 0.3) is 22.6 Å². The van der Waals surface area contributed by atoms with Crippen LogP contribution in [0.4, 0.5) is 0 Å². The van der Waals surface area contributed by atoms with E-state index in [1.54, 1.807) is 0 Å². The van der Waals surface area contributed by atoms with Gasteiger partial charge >= 0.3 is 0 Å². The molecule has 0 unspecified atom stereocenters. The SMILES string of the molecule is CCOc1cccc(CCc2nc(-c3ccccc3)c(-c3ccccc3)o2)c1. The number of benzene rings is 3. The number of hydrogen-bond donors (Lipinski definition) is 0. The minimum Gasteiger partial charge on any atom is -0.494 e. The van der Waals surface area contributed by atoms with E-state index >= 15 is 0 Å². The van der Waals surface area contributed by atoms with E-state index in [0.29, 0.717) is 6.61 Å². The Morgan fingerprint density at radius 3 is 2.21 bits per heavy atom. The van der Waals surface area contributed by atoms with E-state index in [2.05, 4.69) is 36.4 Å². The standard InChI is InChI=1S/C25H23NO2/c1-2-27-22-15-9-10-19(18-22)16-17-23-26-24(20-11-5-3-6-12-20)25(28-23)21-13-7-4-8-14-21/h3-15,18H,2,16-17H2,1H3. The number of hydrogen-bond acceptors (Lipinski definition) is 3.